The van der Waals surface area contributed by atoms with Gasteiger partial charge in [-0.25, -0.2) is 9.37 Å². The quantitative estimate of drug-likeness (QED) is 0.661. The van der Waals surface area contributed by atoms with Gasteiger partial charge in [0.1, 0.15) is 5.82 Å². The van der Waals surface area contributed by atoms with Crippen LogP contribution in [-0.4, -0.2) is 25.0 Å². The molecule has 1 aromatic heterocycles. The van der Waals surface area contributed by atoms with E-state index in [9.17, 15) is 9.18 Å². The summed E-state index contributed by atoms with van der Waals surface area (Å²) in [5.41, 5.74) is 1.72. The molecule has 0 saturated heterocycles. The van der Waals surface area contributed by atoms with Gasteiger partial charge in [0, 0.05) is 26.9 Å². The van der Waals surface area contributed by atoms with E-state index in [1.54, 1.807) is 36.4 Å². The molecule has 0 aliphatic rings. The second-order valence-corrected chi connectivity index (χ2v) is 6.58. The number of para-hydroxylation sites is 1. The monoisotopic (exact) mass is 387 g/mol. The third kappa shape index (κ3) is 4.46. The van der Waals surface area contributed by atoms with E-state index in [1.807, 2.05) is 19.0 Å². The molecule has 1 heterocycles. The van der Waals surface area contributed by atoms with Crippen LogP contribution in [-0.2, 0) is 11.2 Å². The molecule has 7 heteroatoms. The maximum Gasteiger partial charge on any atom is 0.224 e. The highest BCUT2D eigenvalue weighted by atomic mass is 35.5. The second kappa shape index (κ2) is 8.22. The van der Waals surface area contributed by atoms with Gasteiger partial charge < -0.3 is 14.6 Å². The molecule has 0 spiro atoms. The lowest BCUT2D eigenvalue weighted by molar-refractivity contribution is -0.116. The molecule has 0 saturated carbocycles. The fourth-order valence-electron chi connectivity index (χ4n) is 2.72. The fraction of sp³-hybridized carbons (Fsp3) is 0.200. The van der Waals surface area contributed by atoms with Gasteiger partial charge in [-0.15, -0.1) is 0 Å². The van der Waals surface area contributed by atoms with Crippen molar-refractivity contribution in [1.29, 1.82) is 0 Å². The van der Waals surface area contributed by atoms with Gasteiger partial charge in [0.15, 0.2) is 11.7 Å². The number of nitrogens with one attached hydrogen (secondary N) is 1. The first-order valence-electron chi connectivity index (χ1n) is 8.41. The van der Waals surface area contributed by atoms with E-state index in [-0.39, 0.29) is 18.1 Å². The van der Waals surface area contributed by atoms with Crippen LogP contribution in [0.3, 0.4) is 0 Å². The summed E-state index contributed by atoms with van der Waals surface area (Å²) < 4.78 is 19.4. The largest absolute Gasteiger partial charge is 0.441 e. The van der Waals surface area contributed by atoms with Crippen LogP contribution >= 0.6 is 11.6 Å². The Kier molecular flexibility index (Phi) is 5.76. The maximum absolute atomic E-state index is 13.8. The van der Waals surface area contributed by atoms with Gasteiger partial charge in [-0.2, -0.15) is 0 Å². The number of oxazole rings is 1. The minimum absolute atomic E-state index is 0.177. The standard InChI is InChI=1S/C20H19ClFN3O2/c1-25(2)20-14(21)7-5-9-16(20)24-18(26)10-11-19-23-12-17(27-19)13-6-3-4-8-15(13)22/h3-9,12H,10-11H2,1-2H3,(H,24,26). The smallest absolute Gasteiger partial charge is 0.224 e. The summed E-state index contributed by atoms with van der Waals surface area (Å²) in [4.78, 5) is 18.3. The molecule has 0 bridgehead atoms. The summed E-state index contributed by atoms with van der Waals surface area (Å²) in [6.45, 7) is 0. The Morgan fingerprint density at radius 1 is 1.22 bits per heavy atom. The third-order valence-corrected chi connectivity index (χ3v) is 4.27. The molecule has 0 aliphatic carbocycles. The third-order valence-electron chi connectivity index (χ3n) is 3.97. The summed E-state index contributed by atoms with van der Waals surface area (Å²) in [7, 11) is 3.71. The molecular formula is C20H19ClFN3O2. The summed E-state index contributed by atoms with van der Waals surface area (Å²) in [5, 5.41) is 3.41. The van der Waals surface area contributed by atoms with Gasteiger partial charge >= 0.3 is 0 Å². The normalized spacial score (nSPS) is 10.7. The lowest BCUT2D eigenvalue weighted by atomic mass is 10.2. The average Bonchev–Trinajstić information content (AvgIpc) is 3.09. The van der Waals surface area contributed by atoms with Crippen LogP contribution in [0, 0.1) is 5.82 Å². The average molecular weight is 388 g/mol. The number of hydrogen-bond acceptors (Lipinski definition) is 4. The zero-order chi connectivity index (χ0) is 19.4. The van der Waals surface area contributed by atoms with Crippen LogP contribution in [0.2, 0.25) is 5.02 Å². The number of aromatic nitrogens is 1. The minimum Gasteiger partial charge on any atom is -0.441 e. The number of aryl methyl sites for hydroxylation is 1. The lowest BCUT2D eigenvalue weighted by Crippen LogP contribution is -2.17. The van der Waals surface area contributed by atoms with Crippen molar-refractivity contribution in [3.63, 3.8) is 0 Å². The van der Waals surface area contributed by atoms with Crippen molar-refractivity contribution in [2.75, 3.05) is 24.3 Å². The minimum atomic E-state index is -0.380. The number of amides is 1. The number of rotatable bonds is 6. The topological polar surface area (TPSA) is 58.4 Å². The van der Waals surface area contributed by atoms with Crippen LogP contribution < -0.4 is 10.2 Å². The Balaban J connectivity index is 1.64. The number of nitrogens with zero attached hydrogens (tertiary/aromatic N) is 2. The molecule has 3 aromatic rings. The maximum atomic E-state index is 13.8. The molecule has 140 valence electrons. The van der Waals surface area contributed by atoms with Crippen LogP contribution in [0.15, 0.2) is 53.1 Å². The summed E-state index contributed by atoms with van der Waals surface area (Å²) >= 11 is 6.21. The van der Waals surface area contributed by atoms with Crippen molar-refractivity contribution < 1.29 is 13.6 Å². The summed E-state index contributed by atoms with van der Waals surface area (Å²) in [6.07, 6.45) is 1.95. The van der Waals surface area contributed by atoms with Gasteiger partial charge in [0.05, 0.1) is 28.2 Å². The van der Waals surface area contributed by atoms with E-state index in [0.29, 0.717) is 34.3 Å². The number of hydrogen-bond donors (Lipinski definition) is 1. The molecule has 0 fully saturated rings. The van der Waals surface area contributed by atoms with Crippen LogP contribution in [0.5, 0.6) is 0 Å². The van der Waals surface area contributed by atoms with Gasteiger partial charge in [-0.1, -0.05) is 29.8 Å². The SMILES string of the molecule is CN(C)c1c(Cl)cccc1NC(=O)CCc1ncc(-c2ccccc2F)o1. The molecule has 27 heavy (non-hydrogen) atoms. The van der Waals surface area contributed by atoms with Gasteiger partial charge in [-0.3, -0.25) is 4.79 Å². The Bertz CT molecular complexity index is 956. The zero-order valence-electron chi connectivity index (χ0n) is 15.0. The Hall–Kier alpha value is -2.86. The Labute approximate surface area is 161 Å². The van der Waals surface area contributed by atoms with E-state index in [1.165, 1.54) is 12.3 Å². The van der Waals surface area contributed by atoms with E-state index in [0.717, 1.165) is 5.69 Å². The van der Waals surface area contributed by atoms with Crippen LogP contribution in [0.4, 0.5) is 15.8 Å². The molecule has 0 radical (unpaired) electrons. The van der Waals surface area contributed by atoms with Crippen molar-refractivity contribution in [3.8, 4) is 11.3 Å². The Morgan fingerprint density at radius 2 is 2.00 bits per heavy atom. The molecule has 0 atom stereocenters. The molecular weight excluding hydrogens is 369 g/mol. The van der Waals surface area contributed by atoms with Crippen LogP contribution in [0.1, 0.15) is 12.3 Å². The molecule has 1 amide bonds. The number of halogens is 2. The number of benzene rings is 2. The highest BCUT2D eigenvalue weighted by molar-refractivity contribution is 6.34. The highest BCUT2D eigenvalue weighted by Gasteiger charge is 2.14. The van der Waals surface area contributed by atoms with Crippen molar-refractivity contribution in [3.05, 3.63) is 65.4 Å². The molecule has 1 N–H and O–H groups in total. The molecule has 3 rings (SSSR count). The van der Waals surface area contributed by atoms with E-state index < -0.39 is 0 Å². The fourth-order valence-corrected chi connectivity index (χ4v) is 3.06. The van der Waals surface area contributed by atoms with Crippen molar-refractivity contribution in [2.24, 2.45) is 0 Å². The Morgan fingerprint density at radius 3 is 2.74 bits per heavy atom. The first-order valence-corrected chi connectivity index (χ1v) is 8.79. The van der Waals surface area contributed by atoms with E-state index >= 15 is 0 Å². The first kappa shape index (κ1) is 18.9. The molecule has 2 aromatic carbocycles. The summed E-state index contributed by atoms with van der Waals surface area (Å²) in [5.74, 6) is 0.150. The van der Waals surface area contributed by atoms with Crippen molar-refractivity contribution >= 4 is 28.9 Å². The number of anilines is 2. The van der Waals surface area contributed by atoms with Crippen LogP contribution in [0.25, 0.3) is 11.3 Å². The predicted octanol–water partition coefficient (Wildman–Crippen LogP) is 4.77. The second-order valence-electron chi connectivity index (χ2n) is 6.18. The van der Waals surface area contributed by atoms with Gasteiger partial charge in [0.2, 0.25) is 5.91 Å². The van der Waals surface area contributed by atoms with Gasteiger partial charge in [-0.05, 0) is 24.3 Å². The van der Waals surface area contributed by atoms with Gasteiger partial charge in [0.25, 0.3) is 0 Å². The molecule has 0 aliphatic heterocycles. The first-order chi connectivity index (χ1) is 13.0. The van der Waals surface area contributed by atoms with E-state index in [4.69, 9.17) is 16.0 Å². The number of carbonyl (C=O) groups excluding carboxylic acids is 1. The predicted molar refractivity (Wildman–Crippen MR) is 105 cm³/mol. The number of carbonyl (C=O) groups is 1. The van der Waals surface area contributed by atoms with Crippen molar-refractivity contribution in [1.82, 2.24) is 4.98 Å². The summed E-state index contributed by atoms with van der Waals surface area (Å²) in [6, 6.07) is 11.6. The zero-order valence-corrected chi connectivity index (χ0v) is 15.8. The molecule has 5 nitrogen and oxygen atoms in total. The van der Waals surface area contributed by atoms with E-state index in [2.05, 4.69) is 10.3 Å². The molecule has 0 unspecified atom stereocenters. The highest BCUT2D eigenvalue weighted by Crippen LogP contribution is 2.32. The van der Waals surface area contributed by atoms with Crippen molar-refractivity contribution in [2.45, 2.75) is 12.8 Å². The lowest BCUT2D eigenvalue weighted by Gasteiger charge is -2.19.